The Balaban J connectivity index is 1.39. The summed E-state index contributed by atoms with van der Waals surface area (Å²) in [4.78, 5) is 29.9. The topological polar surface area (TPSA) is 105 Å². The van der Waals surface area contributed by atoms with Crippen LogP contribution in [0.15, 0.2) is 48.7 Å². The van der Waals surface area contributed by atoms with Crippen LogP contribution in [0.2, 0.25) is 0 Å². The van der Waals surface area contributed by atoms with Crippen molar-refractivity contribution in [3.63, 3.8) is 0 Å². The lowest BCUT2D eigenvalue weighted by molar-refractivity contribution is 0.0989. The largest absolute Gasteiger partial charge is 0.493 e. The number of aromatic nitrogens is 3. The van der Waals surface area contributed by atoms with Gasteiger partial charge in [0.2, 0.25) is 5.75 Å². The first-order valence-electron chi connectivity index (χ1n) is 12.5. The van der Waals surface area contributed by atoms with Gasteiger partial charge in [-0.1, -0.05) is 0 Å². The Morgan fingerprint density at radius 1 is 1.00 bits per heavy atom. The second-order valence-corrected chi connectivity index (χ2v) is 9.12. The van der Waals surface area contributed by atoms with E-state index in [4.69, 9.17) is 19.2 Å². The van der Waals surface area contributed by atoms with Crippen LogP contribution in [-0.4, -0.2) is 80.3 Å². The molecule has 38 heavy (non-hydrogen) atoms. The van der Waals surface area contributed by atoms with E-state index in [2.05, 4.69) is 26.3 Å². The molecule has 0 radical (unpaired) electrons. The lowest BCUT2D eigenvalue weighted by Gasteiger charge is -2.26. The Morgan fingerprint density at radius 3 is 2.42 bits per heavy atom. The molecule has 5 rings (SSSR count). The fraction of sp³-hybridized carbons (Fsp3) is 0.321. The first kappa shape index (κ1) is 25.5. The van der Waals surface area contributed by atoms with Gasteiger partial charge in [0.1, 0.15) is 5.69 Å². The zero-order valence-electron chi connectivity index (χ0n) is 22.1. The molecule has 1 aliphatic rings. The molecule has 1 amide bonds. The van der Waals surface area contributed by atoms with Gasteiger partial charge in [-0.2, -0.15) is 0 Å². The molecule has 2 N–H and O–H groups in total. The van der Waals surface area contributed by atoms with Gasteiger partial charge in [0.15, 0.2) is 11.5 Å². The monoisotopic (exact) mass is 516 g/mol. The van der Waals surface area contributed by atoms with Gasteiger partial charge in [0, 0.05) is 63.7 Å². The Morgan fingerprint density at radius 2 is 1.74 bits per heavy atom. The molecule has 0 saturated carbocycles. The lowest BCUT2D eigenvalue weighted by atomic mass is 10.1. The van der Waals surface area contributed by atoms with E-state index in [1.54, 1.807) is 46.6 Å². The van der Waals surface area contributed by atoms with Gasteiger partial charge in [0.05, 0.1) is 49.4 Å². The van der Waals surface area contributed by atoms with Crippen molar-refractivity contribution in [3.05, 3.63) is 60.0 Å². The highest BCUT2D eigenvalue weighted by atomic mass is 16.5. The number of methoxy groups -OCH3 is 3. The number of carbonyl (C=O) groups excluding carboxylic acids is 1. The molecule has 4 aromatic rings. The number of hydrogen-bond acceptors (Lipinski definition) is 8. The number of aromatic amines is 1. The number of piperazine rings is 1. The van der Waals surface area contributed by atoms with Gasteiger partial charge in [-0.05, 0) is 30.3 Å². The lowest BCUT2D eigenvalue weighted by Crippen LogP contribution is -2.43. The van der Waals surface area contributed by atoms with Crippen LogP contribution >= 0.6 is 0 Å². The van der Waals surface area contributed by atoms with Crippen molar-refractivity contribution in [2.45, 2.75) is 6.54 Å². The summed E-state index contributed by atoms with van der Waals surface area (Å²) < 4.78 is 16.3. The number of fused-ring (bicyclic) bond motifs is 1. The third-order valence-electron chi connectivity index (χ3n) is 6.75. The maximum Gasteiger partial charge on any atom is 0.274 e. The molecule has 0 atom stereocenters. The average molecular weight is 517 g/mol. The summed E-state index contributed by atoms with van der Waals surface area (Å²) in [5.74, 6) is 1.19. The maximum absolute atomic E-state index is 13.4. The van der Waals surface area contributed by atoms with Crippen LogP contribution in [0.25, 0.3) is 22.3 Å². The van der Waals surface area contributed by atoms with E-state index < -0.39 is 0 Å². The van der Waals surface area contributed by atoms with Crippen LogP contribution in [0.5, 0.6) is 17.2 Å². The third-order valence-corrected chi connectivity index (χ3v) is 6.75. The summed E-state index contributed by atoms with van der Waals surface area (Å²) in [5, 5.41) is 3.38. The van der Waals surface area contributed by atoms with E-state index in [1.165, 1.54) is 4.90 Å². The van der Waals surface area contributed by atoms with Crippen molar-refractivity contribution < 1.29 is 19.0 Å². The SMILES string of the molecule is COc1cc(N(C)C(=O)c2cc3nc(-c4ccnc(CN5CCNCC5)c4)ccc3[nH]2)cc(OC)c1OC. The summed E-state index contributed by atoms with van der Waals surface area (Å²) in [6.45, 7) is 4.85. The Bertz CT molecular complexity index is 1420. The Labute approximate surface area is 221 Å². The molecule has 1 saturated heterocycles. The fourth-order valence-electron chi connectivity index (χ4n) is 4.67. The highest BCUT2D eigenvalue weighted by molar-refractivity contribution is 6.07. The predicted molar refractivity (Wildman–Crippen MR) is 146 cm³/mol. The molecule has 0 unspecified atom stereocenters. The molecule has 0 spiro atoms. The highest BCUT2D eigenvalue weighted by Gasteiger charge is 2.21. The maximum atomic E-state index is 13.4. The van der Waals surface area contributed by atoms with E-state index in [9.17, 15) is 4.79 Å². The van der Waals surface area contributed by atoms with E-state index in [1.807, 2.05) is 24.4 Å². The van der Waals surface area contributed by atoms with E-state index >= 15 is 0 Å². The van der Waals surface area contributed by atoms with Crippen molar-refractivity contribution in [1.29, 1.82) is 0 Å². The second kappa shape index (κ2) is 11.1. The predicted octanol–water partition coefficient (Wildman–Crippen LogP) is 3.33. The molecule has 1 aromatic carbocycles. The Hall–Kier alpha value is -4.15. The molecule has 1 fully saturated rings. The van der Waals surface area contributed by atoms with Gasteiger partial charge in [-0.25, -0.2) is 4.98 Å². The first-order valence-corrected chi connectivity index (χ1v) is 12.5. The van der Waals surface area contributed by atoms with Gasteiger partial charge in [-0.15, -0.1) is 0 Å². The zero-order chi connectivity index (χ0) is 26.6. The van der Waals surface area contributed by atoms with Crippen molar-refractivity contribution in [3.8, 4) is 28.5 Å². The number of anilines is 1. The smallest absolute Gasteiger partial charge is 0.274 e. The summed E-state index contributed by atoms with van der Waals surface area (Å²) in [7, 11) is 6.33. The van der Waals surface area contributed by atoms with Crippen LogP contribution < -0.4 is 24.4 Å². The number of benzene rings is 1. The Kier molecular flexibility index (Phi) is 7.43. The average Bonchev–Trinajstić information content (AvgIpc) is 3.39. The normalized spacial score (nSPS) is 13.9. The van der Waals surface area contributed by atoms with Gasteiger partial charge in [-0.3, -0.25) is 14.7 Å². The zero-order valence-corrected chi connectivity index (χ0v) is 22.1. The molecule has 0 aliphatic carbocycles. The van der Waals surface area contributed by atoms with Gasteiger partial charge >= 0.3 is 0 Å². The molecule has 0 bridgehead atoms. The number of rotatable bonds is 8. The number of hydrogen-bond donors (Lipinski definition) is 2. The minimum Gasteiger partial charge on any atom is -0.493 e. The summed E-state index contributed by atoms with van der Waals surface area (Å²) in [5.41, 5.74) is 5.37. The summed E-state index contributed by atoms with van der Waals surface area (Å²) in [6, 6.07) is 13.2. The molecular weight excluding hydrogens is 484 g/mol. The van der Waals surface area contributed by atoms with E-state index in [-0.39, 0.29) is 5.91 Å². The van der Waals surface area contributed by atoms with Crippen LogP contribution in [0, 0.1) is 0 Å². The molecule has 10 heteroatoms. The number of ether oxygens (including phenoxy) is 3. The van der Waals surface area contributed by atoms with Crippen molar-refractivity contribution in [1.82, 2.24) is 25.2 Å². The number of nitrogens with one attached hydrogen (secondary N) is 2. The summed E-state index contributed by atoms with van der Waals surface area (Å²) >= 11 is 0. The van der Waals surface area contributed by atoms with Crippen molar-refractivity contribution >= 4 is 22.6 Å². The van der Waals surface area contributed by atoms with Crippen molar-refractivity contribution in [2.24, 2.45) is 0 Å². The summed E-state index contributed by atoms with van der Waals surface area (Å²) in [6.07, 6.45) is 1.83. The van der Waals surface area contributed by atoms with Gasteiger partial charge < -0.3 is 29.4 Å². The molecule has 10 nitrogen and oxygen atoms in total. The minimum absolute atomic E-state index is 0.221. The molecule has 1 aliphatic heterocycles. The molecule has 198 valence electrons. The van der Waals surface area contributed by atoms with Crippen LogP contribution in [-0.2, 0) is 6.54 Å². The standard InChI is InChI=1S/C28H32N6O4/c1-33(20-14-25(36-2)27(38-4)26(15-20)37-3)28(35)24-16-23-22(32-24)6-5-21(31-23)18-7-8-30-19(13-18)17-34-11-9-29-10-12-34/h5-8,13-16,29,32H,9-12,17H2,1-4H3. The number of amides is 1. The van der Waals surface area contributed by atoms with Gasteiger partial charge in [0.25, 0.3) is 5.91 Å². The second-order valence-electron chi connectivity index (χ2n) is 9.12. The highest BCUT2D eigenvalue weighted by Crippen LogP contribution is 2.41. The molecular formula is C28H32N6O4. The number of nitrogens with zero attached hydrogens (tertiary/aromatic N) is 4. The van der Waals surface area contributed by atoms with Crippen molar-refractivity contribution in [2.75, 3.05) is 59.5 Å². The molecule has 4 heterocycles. The quantitative estimate of drug-likeness (QED) is 0.368. The van der Waals surface area contributed by atoms with E-state index in [0.29, 0.717) is 34.1 Å². The number of H-pyrrole nitrogens is 1. The van der Waals surface area contributed by atoms with Crippen LogP contribution in [0.1, 0.15) is 16.2 Å². The van der Waals surface area contributed by atoms with Crippen LogP contribution in [0.4, 0.5) is 5.69 Å². The number of carbonyl (C=O) groups is 1. The van der Waals surface area contributed by atoms with Crippen LogP contribution in [0.3, 0.4) is 0 Å². The number of pyridine rings is 2. The molecule has 3 aromatic heterocycles. The first-order chi connectivity index (χ1) is 18.5. The fourth-order valence-corrected chi connectivity index (χ4v) is 4.67. The third kappa shape index (κ3) is 5.13. The van der Waals surface area contributed by atoms with E-state index in [0.717, 1.165) is 55.2 Å². The minimum atomic E-state index is -0.221.